The van der Waals surface area contributed by atoms with E-state index in [1.54, 1.807) is 55.5 Å². The van der Waals surface area contributed by atoms with Gasteiger partial charge in [0.25, 0.3) is 23.6 Å². The molecule has 113 heavy (non-hydrogen) atoms. The number of amides is 12. The summed E-state index contributed by atoms with van der Waals surface area (Å²) in [6, 6.07) is 37.7. The van der Waals surface area contributed by atoms with Gasteiger partial charge in [-0.15, -0.1) is 0 Å². The average Bonchev–Trinajstić information content (AvgIpc) is 1.55. The van der Waals surface area contributed by atoms with Crippen LogP contribution < -0.4 is 61.5 Å². The lowest BCUT2D eigenvalue weighted by Gasteiger charge is -2.24. The van der Waals surface area contributed by atoms with Gasteiger partial charge in [-0.3, -0.25) is 45.2 Å². The lowest BCUT2D eigenvalue weighted by molar-refractivity contribution is -0.192. The molecule has 4 aliphatic carbocycles. The van der Waals surface area contributed by atoms with E-state index in [0.29, 0.717) is 61.6 Å². The Morgan fingerprint density at radius 2 is 0.752 bits per heavy atom. The number of ether oxygens (including phenoxy) is 4. The van der Waals surface area contributed by atoms with Gasteiger partial charge >= 0.3 is 42.2 Å². The van der Waals surface area contributed by atoms with Crippen molar-refractivity contribution in [2.45, 2.75) is 42.4 Å². The van der Waals surface area contributed by atoms with E-state index in [1.807, 2.05) is 25.1 Å². The number of imide groups is 4. The number of aryl methyl sites for hydroxylation is 2. The normalized spacial score (nSPS) is 18.9. The van der Waals surface area contributed by atoms with Crippen LogP contribution in [0.5, 0.6) is 34.5 Å². The summed E-state index contributed by atoms with van der Waals surface area (Å²) >= 11 is 0. The largest absolute Gasteiger partial charge is 0.493 e. The summed E-state index contributed by atoms with van der Waals surface area (Å²) in [5.41, 5.74) is 0.283. The number of hydrogen-bond acceptors (Lipinski definition) is 16. The molecule has 568 valence electrons. The quantitative estimate of drug-likeness (QED) is 0.0449. The maximum absolute atomic E-state index is 14.9. The molecule has 4 atom stereocenters. The summed E-state index contributed by atoms with van der Waals surface area (Å²) in [5.74, 6) is -9.06. The minimum atomic E-state index is -1.84. The third-order valence-corrected chi connectivity index (χ3v) is 19.6. The molecule has 4 saturated heterocycles. The third-order valence-electron chi connectivity index (χ3n) is 19.6. The second-order valence-corrected chi connectivity index (χ2v) is 26.2. The fourth-order valence-corrected chi connectivity index (χ4v) is 15.2. The van der Waals surface area contributed by atoms with Gasteiger partial charge in [0.2, 0.25) is 0 Å². The SMILES string of the molecule is COc1c(F)cc2c(c1CC(=O)O)-c1ccc(F)cc1C21NC(=O)NC1=O.Cc1cc(OCC(=O)O)c2c(c1)C1(NC(=O)NC1=O)c1cc(F)ccc1-2.Cc1ccc(Oc2cc3c(cc2F)C2(NC(=O)NC2=O)c2cc(F)ccc2-3)cc1.O=C1NC(=O)C2(N1)c1cc(F)ccc1-c1cc(Oc3ccccc3)c(F)cc12.O=C=O. The first-order chi connectivity index (χ1) is 53.9. The van der Waals surface area contributed by atoms with E-state index in [1.165, 1.54) is 79.9 Å². The molecule has 4 spiro atoms. The van der Waals surface area contributed by atoms with Gasteiger partial charge in [-0.25, -0.2) is 54.7 Å². The first-order valence-electron chi connectivity index (χ1n) is 33.4. The van der Waals surface area contributed by atoms with Crippen LogP contribution in [-0.2, 0) is 66.9 Å². The second kappa shape index (κ2) is 28.2. The Kier molecular flexibility index (Phi) is 18.7. The Labute approximate surface area is 630 Å². The molecule has 26 nitrogen and oxygen atoms in total. The third kappa shape index (κ3) is 12.4. The molecule has 10 aromatic rings. The number of nitrogens with one attached hydrogen (secondary N) is 8. The van der Waals surface area contributed by atoms with Gasteiger partial charge in [0.05, 0.1) is 13.5 Å². The average molecular weight is 1550 g/mol. The molecule has 0 aromatic heterocycles. The van der Waals surface area contributed by atoms with Gasteiger partial charge in [-0.1, -0.05) is 66.2 Å². The predicted octanol–water partition coefficient (Wildman–Crippen LogP) is 10.7. The van der Waals surface area contributed by atoms with E-state index in [2.05, 4.69) is 42.5 Å². The number of methoxy groups -OCH3 is 1. The number of rotatable bonds is 10. The zero-order chi connectivity index (χ0) is 80.7. The van der Waals surface area contributed by atoms with Gasteiger partial charge in [0.15, 0.2) is 63.5 Å². The van der Waals surface area contributed by atoms with Gasteiger partial charge < -0.3 is 50.4 Å². The van der Waals surface area contributed by atoms with E-state index in [9.17, 15) is 83.8 Å². The number of carbonyl (C=O) groups excluding carboxylic acids is 10. The number of para-hydroxylation sites is 1. The first-order valence-corrected chi connectivity index (χ1v) is 33.4. The van der Waals surface area contributed by atoms with Crippen LogP contribution in [0.25, 0.3) is 44.5 Å². The Morgan fingerprint density at radius 1 is 0.389 bits per heavy atom. The summed E-state index contributed by atoms with van der Waals surface area (Å²) in [6.45, 7) is 3.11. The first kappa shape index (κ1) is 74.8. The van der Waals surface area contributed by atoms with E-state index in [-0.39, 0.29) is 79.2 Å². The summed E-state index contributed by atoms with van der Waals surface area (Å²) in [4.78, 5) is 137. The van der Waals surface area contributed by atoms with Crippen molar-refractivity contribution in [3.63, 3.8) is 0 Å². The molecule has 0 radical (unpaired) electrons. The Hall–Kier alpha value is -15.0. The van der Waals surface area contributed by atoms with Crippen molar-refractivity contribution in [1.29, 1.82) is 0 Å². The highest BCUT2D eigenvalue weighted by atomic mass is 19.2. The number of urea groups is 4. The predicted molar refractivity (Wildman–Crippen MR) is 376 cm³/mol. The number of carboxylic acids is 2. The number of hydrogen-bond donors (Lipinski definition) is 10. The Balaban J connectivity index is 0.000000123. The molecule has 4 aliphatic heterocycles. The van der Waals surface area contributed by atoms with E-state index >= 15 is 0 Å². The molecule has 0 saturated carbocycles. The maximum Gasteiger partial charge on any atom is 0.373 e. The minimum Gasteiger partial charge on any atom is -0.493 e. The molecule has 10 N–H and O–H groups in total. The summed E-state index contributed by atoms with van der Waals surface area (Å²) < 4.78 is 122. The van der Waals surface area contributed by atoms with Crippen LogP contribution in [0.15, 0.2) is 170 Å². The monoisotopic (exact) mass is 1540 g/mol. The summed E-state index contributed by atoms with van der Waals surface area (Å²) in [5, 5.41) is 36.9. The molecule has 4 fully saturated rings. The van der Waals surface area contributed by atoms with Crippen molar-refractivity contribution in [3.05, 3.63) is 272 Å². The molecule has 8 aliphatic rings. The van der Waals surface area contributed by atoms with E-state index in [0.717, 1.165) is 35.9 Å². The molecular formula is C80H51F7N8O18. The van der Waals surface area contributed by atoms with E-state index < -0.39 is 136 Å². The van der Waals surface area contributed by atoms with Crippen LogP contribution in [0.3, 0.4) is 0 Å². The molecule has 4 unspecified atom stereocenters. The van der Waals surface area contributed by atoms with E-state index in [4.69, 9.17) is 33.6 Å². The summed E-state index contributed by atoms with van der Waals surface area (Å²) in [6.07, 6.45) is -0.342. The molecule has 12 amide bonds. The standard InChI is InChI=1S/C22H14F2N2O3.C21H12F2N2O3.C18H12F2N2O5.C18H13FN2O5.CO2/c1-11-2-5-13(6-3-11)29-19-9-15-14-7-4-12(23)8-16(14)22(17(15)10-18(19)24)20(27)25-21(28)26-22;22-11-6-7-13-14-9-18(28-12-4-2-1-3-5-12)17(23)10-16(14)21(15(13)8-11)19(26)24-20(27)25-21;1-27-15-9(5-13(23)24)14-8-3-2-7(19)4-10(8)18(11(14)6-12(15)20)16(25)21-17(26)22-18;1-8-4-12-15(13(5-8)26-7-14(22)23)10-3-2-9(19)6-11(10)18(12)16(24)20-17(25)21-18;2-1-3/h2-10H,1H3,(H2,25,26,27,28);1-10H,(H2,24,25,26,27);2-4,6H,5H2,1H3,(H,23,24)(H2,21,22,25,26);2-6H,7H2,1H3,(H,22,23)(H2,20,21,24,25);. The van der Waals surface area contributed by atoms with Gasteiger partial charge in [0, 0.05) is 55.6 Å². The topological polar surface area (TPSA) is 378 Å². The number of aliphatic carboxylic acids is 2. The fraction of sp³-hybridized carbons (Fsp3) is 0.113. The van der Waals surface area contributed by atoms with Crippen molar-refractivity contribution in [2.24, 2.45) is 0 Å². The highest BCUT2D eigenvalue weighted by Gasteiger charge is 2.60. The summed E-state index contributed by atoms with van der Waals surface area (Å²) in [7, 11) is 1.19. The van der Waals surface area contributed by atoms with Gasteiger partial charge in [0.1, 0.15) is 40.5 Å². The number of fused-ring (bicyclic) bond motifs is 20. The van der Waals surface area contributed by atoms with Gasteiger partial charge in [-0.05, 0) is 168 Å². The van der Waals surface area contributed by atoms with Crippen LogP contribution in [0, 0.1) is 54.6 Å². The van der Waals surface area contributed by atoms with Crippen molar-refractivity contribution < 1.29 is 117 Å². The molecule has 4 heterocycles. The maximum atomic E-state index is 14.9. The lowest BCUT2D eigenvalue weighted by atomic mass is 9.86. The highest BCUT2D eigenvalue weighted by Crippen LogP contribution is 2.57. The van der Waals surface area contributed by atoms with Crippen LogP contribution in [0.4, 0.5) is 49.9 Å². The number of carboxylic acid groups (broad SMARTS) is 2. The zero-order valence-electron chi connectivity index (χ0n) is 58.2. The zero-order valence-corrected chi connectivity index (χ0v) is 58.2. The Bertz CT molecular complexity index is 5950. The van der Waals surface area contributed by atoms with Crippen LogP contribution in [0.1, 0.15) is 61.2 Å². The van der Waals surface area contributed by atoms with Crippen LogP contribution in [0.2, 0.25) is 0 Å². The number of carbonyl (C=O) groups is 10. The second-order valence-electron chi connectivity index (χ2n) is 26.2. The molecule has 10 aromatic carbocycles. The smallest absolute Gasteiger partial charge is 0.373 e. The Morgan fingerprint density at radius 3 is 1.14 bits per heavy atom. The molecule has 18 rings (SSSR count). The van der Waals surface area contributed by atoms with Crippen molar-refractivity contribution in [1.82, 2.24) is 42.5 Å². The molecule has 33 heteroatoms. The minimum absolute atomic E-state index is 0.00122. The highest BCUT2D eigenvalue weighted by molar-refractivity contribution is 6.17. The number of halogens is 7. The lowest BCUT2D eigenvalue weighted by Crippen LogP contribution is -2.43. The van der Waals surface area contributed by atoms with Crippen LogP contribution in [-0.4, -0.2) is 89.8 Å². The van der Waals surface area contributed by atoms with Crippen LogP contribution >= 0.6 is 0 Å². The van der Waals surface area contributed by atoms with Crippen molar-refractivity contribution in [2.75, 3.05) is 13.7 Å². The van der Waals surface area contributed by atoms with Crippen molar-refractivity contribution in [3.8, 4) is 79.0 Å². The van der Waals surface area contributed by atoms with Gasteiger partial charge in [-0.2, -0.15) is 9.59 Å². The fourth-order valence-electron chi connectivity index (χ4n) is 15.2. The molecule has 0 bridgehead atoms. The van der Waals surface area contributed by atoms with Crippen molar-refractivity contribution >= 4 is 65.8 Å². The molecular weight excluding hydrogens is 1490 g/mol. The number of benzene rings is 10.